The molecule has 0 saturated carbocycles. The Labute approximate surface area is 117 Å². The van der Waals surface area contributed by atoms with Crippen LogP contribution >= 0.6 is 11.6 Å². The zero-order valence-electron chi connectivity index (χ0n) is 10.6. The van der Waals surface area contributed by atoms with E-state index >= 15 is 0 Å². The van der Waals surface area contributed by atoms with Gasteiger partial charge in [-0.15, -0.1) is 0 Å². The van der Waals surface area contributed by atoms with Gasteiger partial charge in [0.1, 0.15) is 6.10 Å². The van der Waals surface area contributed by atoms with Crippen LogP contribution in [-0.2, 0) is 4.74 Å². The summed E-state index contributed by atoms with van der Waals surface area (Å²) < 4.78 is 5.52. The number of piperidine rings is 1. The number of anilines is 1. The molecule has 4 nitrogen and oxygen atoms in total. The Kier molecular flexibility index (Phi) is 3.62. The second-order valence-corrected chi connectivity index (χ2v) is 5.53. The maximum Gasteiger partial charge on any atom is 0.414 e. The van der Waals surface area contributed by atoms with E-state index in [9.17, 15) is 4.79 Å². The van der Waals surface area contributed by atoms with Crippen molar-refractivity contribution in [2.24, 2.45) is 5.92 Å². The molecule has 2 heterocycles. The number of hydrogen-bond donors (Lipinski definition) is 1. The number of cyclic esters (lactones) is 1. The van der Waals surface area contributed by atoms with Crippen LogP contribution in [0.2, 0.25) is 5.02 Å². The van der Waals surface area contributed by atoms with Crippen LogP contribution in [0, 0.1) is 5.92 Å². The second-order valence-electron chi connectivity index (χ2n) is 5.10. The molecule has 1 aromatic carbocycles. The van der Waals surface area contributed by atoms with Gasteiger partial charge < -0.3 is 10.1 Å². The molecule has 2 fully saturated rings. The smallest absolute Gasteiger partial charge is 0.414 e. The molecule has 1 atom stereocenters. The Hall–Kier alpha value is -1.26. The van der Waals surface area contributed by atoms with E-state index in [0.717, 1.165) is 31.6 Å². The van der Waals surface area contributed by atoms with Crippen molar-refractivity contribution in [2.45, 2.75) is 18.9 Å². The fourth-order valence-electron chi connectivity index (χ4n) is 2.78. The molecule has 102 valence electrons. The lowest BCUT2D eigenvalue weighted by Gasteiger charge is -2.26. The first-order chi connectivity index (χ1) is 9.24. The second kappa shape index (κ2) is 5.39. The third-order valence-electron chi connectivity index (χ3n) is 3.88. The Morgan fingerprint density at radius 1 is 1.21 bits per heavy atom. The SMILES string of the molecule is O=C1OC(C2CCNCC2)CN1c1ccc(Cl)cc1. The first-order valence-corrected chi connectivity index (χ1v) is 7.06. The Morgan fingerprint density at radius 2 is 1.89 bits per heavy atom. The molecular weight excluding hydrogens is 264 g/mol. The molecule has 1 amide bonds. The van der Waals surface area contributed by atoms with Gasteiger partial charge in [0, 0.05) is 16.6 Å². The number of amides is 1. The van der Waals surface area contributed by atoms with Gasteiger partial charge in [-0.05, 0) is 50.2 Å². The molecule has 0 spiro atoms. The van der Waals surface area contributed by atoms with E-state index in [4.69, 9.17) is 16.3 Å². The molecule has 0 aromatic heterocycles. The van der Waals surface area contributed by atoms with Crippen LogP contribution in [-0.4, -0.2) is 31.8 Å². The van der Waals surface area contributed by atoms with Crippen LogP contribution in [0.25, 0.3) is 0 Å². The van der Waals surface area contributed by atoms with Crippen molar-refractivity contribution in [1.29, 1.82) is 0 Å². The minimum atomic E-state index is -0.245. The molecule has 5 heteroatoms. The van der Waals surface area contributed by atoms with Gasteiger partial charge in [-0.25, -0.2) is 4.79 Å². The Balaban J connectivity index is 1.70. The number of carbonyl (C=O) groups is 1. The topological polar surface area (TPSA) is 41.6 Å². The van der Waals surface area contributed by atoms with Crippen LogP contribution in [0.4, 0.5) is 10.5 Å². The molecule has 19 heavy (non-hydrogen) atoms. The fourth-order valence-corrected chi connectivity index (χ4v) is 2.90. The van der Waals surface area contributed by atoms with Gasteiger partial charge in [-0.1, -0.05) is 11.6 Å². The standard InChI is InChI=1S/C14H17ClN2O2/c15-11-1-3-12(4-2-11)17-9-13(19-14(17)18)10-5-7-16-8-6-10/h1-4,10,13,16H,5-9H2. The maximum absolute atomic E-state index is 12.0. The monoisotopic (exact) mass is 280 g/mol. The number of rotatable bonds is 2. The van der Waals surface area contributed by atoms with Crippen molar-refractivity contribution >= 4 is 23.4 Å². The van der Waals surface area contributed by atoms with Gasteiger partial charge in [0.15, 0.2) is 0 Å². The molecule has 0 aliphatic carbocycles. The number of nitrogens with one attached hydrogen (secondary N) is 1. The van der Waals surface area contributed by atoms with Crippen molar-refractivity contribution in [3.63, 3.8) is 0 Å². The van der Waals surface area contributed by atoms with Crippen molar-refractivity contribution in [3.05, 3.63) is 29.3 Å². The zero-order chi connectivity index (χ0) is 13.2. The lowest BCUT2D eigenvalue weighted by atomic mass is 9.92. The third kappa shape index (κ3) is 2.69. The van der Waals surface area contributed by atoms with Crippen LogP contribution in [0.15, 0.2) is 24.3 Å². The number of ether oxygens (including phenoxy) is 1. The summed E-state index contributed by atoms with van der Waals surface area (Å²) in [6.45, 7) is 2.67. The lowest BCUT2D eigenvalue weighted by Crippen LogP contribution is -2.36. The molecule has 0 bridgehead atoms. The van der Waals surface area contributed by atoms with E-state index < -0.39 is 0 Å². The molecule has 2 saturated heterocycles. The summed E-state index contributed by atoms with van der Waals surface area (Å²) in [4.78, 5) is 13.7. The molecule has 2 aliphatic heterocycles. The van der Waals surface area contributed by atoms with Gasteiger partial charge in [-0.2, -0.15) is 0 Å². The van der Waals surface area contributed by atoms with E-state index in [1.807, 2.05) is 12.1 Å². The quantitative estimate of drug-likeness (QED) is 0.906. The minimum Gasteiger partial charge on any atom is -0.444 e. The summed E-state index contributed by atoms with van der Waals surface area (Å²) in [5.41, 5.74) is 0.853. The highest BCUT2D eigenvalue weighted by Crippen LogP contribution is 2.29. The minimum absolute atomic E-state index is 0.0188. The van der Waals surface area contributed by atoms with Crippen LogP contribution in [0.3, 0.4) is 0 Å². The number of benzene rings is 1. The summed E-state index contributed by atoms with van der Waals surface area (Å²) in [5, 5.41) is 4.00. The molecule has 1 unspecified atom stereocenters. The zero-order valence-corrected chi connectivity index (χ0v) is 11.4. The van der Waals surface area contributed by atoms with Crippen molar-refractivity contribution in [3.8, 4) is 0 Å². The number of nitrogens with zero attached hydrogens (tertiary/aromatic N) is 1. The molecule has 3 rings (SSSR count). The van der Waals surface area contributed by atoms with Crippen LogP contribution < -0.4 is 10.2 Å². The third-order valence-corrected chi connectivity index (χ3v) is 4.13. The predicted molar refractivity (Wildman–Crippen MR) is 74.7 cm³/mol. The number of halogens is 1. The Bertz CT molecular complexity index is 457. The summed E-state index contributed by atoms with van der Waals surface area (Å²) in [5.74, 6) is 0.475. The number of carbonyl (C=O) groups excluding carboxylic acids is 1. The molecule has 2 aliphatic rings. The highest BCUT2D eigenvalue weighted by atomic mass is 35.5. The van der Waals surface area contributed by atoms with Crippen molar-refractivity contribution in [1.82, 2.24) is 5.32 Å². The number of hydrogen-bond acceptors (Lipinski definition) is 3. The predicted octanol–water partition coefficient (Wildman–Crippen LogP) is 2.66. The van der Waals surface area contributed by atoms with Crippen molar-refractivity contribution < 1.29 is 9.53 Å². The average Bonchev–Trinajstić information content (AvgIpc) is 2.83. The molecule has 0 radical (unpaired) electrons. The van der Waals surface area contributed by atoms with Gasteiger partial charge >= 0.3 is 6.09 Å². The molecular formula is C14H17ClN2O2. The summed E-state index contributed by atoms with van der Waals surface area (Å²) in [6.07, 6.45) is 1.93. The van der Waals surface area contributed by atoms with Gasteiger partial charge in [-0.3, -0.25) is 4.90 Å². The maximum atomic E-state index is 12.0. The van der Waals surface area contributed by atoms with Gasteiger partial charge in [0.25, 0.3) is 0 Å². The fraction of sp³-hybridized carbons (Fsp3) is 0.500. The van der Waals surface area contributed by atoms with E-state index in [0.29, 0.717) is 17.5 Å². The lowest BCUT2D eigenvalue weighted by molar-refractivity contribution is 0.0919. The van der Waals surface area contributed by atoms with Gasteiger partial charge in [0.05, 0.1) is 6.54 Å². The summed E-state index contributed by atoms with van der Waals surface area (Å²) >= 11 is 5.86. The van der Waals surface area contributed by atoms with E-state index in [1.54, 1.807) is 17.0 Å². The summed E-state index contributed by atoms with van der Waals surface area (Å²) in [7, 11) is 0. The summed E-state index contributed by atoms with van der Waals surface area (Å²) in [6, 6.07) is 7.30. The van der Waals surface area contributed by atoms with Crippen LogP contribution in [0.1, 0.15) is 12.8 Å². The molecule has 1 aromatic rings. The first kappa shape index (κ1) is 12.8. The largest absolute Gasteiger partial charge is 0.444 e. The van der Waals surface area contributed by atoms with Crippen LogP contribution in [0.5, 0.6) is 0 Å². The first-order valence-electron chi connectivity index (χ1n) is 6.68. The Morgan fingerprint density at radius 3 is 2.58 bits per heavy atom. The highest BCUT2D eigenvalue weighted by molar-refractivity contribution is 6.30. The normalized spacial score (nSPS) is 24.6. The van der Waals surface area contributed by atoms with E-state index in [2.05, 4.69) is 5.32 Å². The van der Waals surface area contributed by atoms with Gasteiger partial charge in [0.2, 0.25) is 0 Å². The van der Waals surface area contributed by atoms with Crippen molar-refractivity contribution in [2.75, 3.05) is 24.5 Å². The van der Waals surface area contributed by atoms with E-state index in [1.165, 1.54) is 0 Å². The molecule has 1 N–H and O–H groups in total. The highest BCUT2D eigenvalue weighted by Gasteiger charge is 2.37. The van der Waals surface area contributed by atoms with E-state index in [-0.39, 0.29) is 12.2 Å². The average molecular weight is 281 g/mol.